The lowest BCUT2D eigenvalue weighted by atomic mass is 9.84. The third kappa shape index (κ3) is 7.00. The average molecular weight is 710 g/mol. The highest BCUT2D eigenvalue weighted by Gasteiger charge is 2.43. The number of carbonyl (C=O) groups is 1. The number of alkyl halides is 2. The van der Waals surface area contributed by atoms with Crippen LogP contribution in [0.2, 0.25) is 0 Å². The number of rotatable bonds is 10. The van der Waals surface area contributed by atoms with Crippen LogP contribution in [0.1, 0.15) is 28.8 Å². The first-order valence-corrected chi connectivity index (χ1v) is 15.4. The Kier molecular flexibility index (Phi) is 9.80. The van der Waals surface area contributed by atoms with Crippen LogP contribution in [-0.2, 0) is 11.3 Å². The van der Waals surface area contributed by atoms with E-state index >= 15 is 4.39 Å². The van der Waals surface area contributed by atoms with Gasteiger partial charge in [-0.15, -0.1) is 10.2 Å². The number of benzene rings is 2. The molecule has 0 amide bonds. The first kappa shape index (κ1) is 35.1. The van der Waals surface area contributed by atoms with E-state index in [-0.39, 0.29) is 64.9 Å². The molecule has 0 unspecified atom stereocenters. The average Bonchev–Trinajstić information content (AvgIpc) is 3.54. The number of phenolic OH excluding ortho intramolecular Hbond substituents is 1. The number of nitrogens with zero attached hydrogens (tertiary/aromatic N) is 8. The van der Waals surface area contributed by atoms with E-state index in [1.54, 1.807) is 9.47 Å². The number of piperidine rings is 1. The quantitative estimate of drug-likeness (QED) is 0.100. The van der Waals surface area contributed by atoms with Crippen LogP contribution in [-0.4, -0.2) is 86.1 Å². The third-order valence-corrected chi connectivity index (χ3v) is 8.58. The van der Waals surface area contributed by atoms with Gasteiger partial charge in [-0.1, -0.05) is 0 Å². The van der Waals surface area contributed by atoms with Crippen LogP contribution in [0.4, 0.5) is 34.8 Å². The minimum atomic E-state index is -3.06. The van der Waals surface area contributed by atoms with Gasteiger partial charge in [0.25, 0.3) is 6.43 Å². The smallest absolute Gasteiger partial charge is 0.341 e. The summed E-state index contributed by atoms with van der Waals surface area (Å²) < 4.78 is 68.3. The minimum Gasteiger partial charge on any atom is -0.507 e. The number of fused-ring (bicyclic) bond motifs is 1. The summed E-state index contributed by atoms with van der Waals surface area (Å²) in [5, 5.41) is 28.6. The Bertz CT molecular complexity index is 2130. The number of imidazole rings is 1. The second-order valence-corrected chi connectivity index (χ2v) is 11.8. The zero-order chi connectivity index (χ0) is 36.4. The van der Waals surface area contributed by atoms with E-state index in [4.69, 9.17) is 10.5 Å². The largest absolute Gasteiger partial charge is 0.507 e. The molecule has 0 spiro atoms. The highest BCUT2D eigenvalue weighted by molar-refractivity contribution is 5.93. The Morgan fingerprint density at radius 1 is 1.08 bits per heavy atom. The maximum atomic E-state index is 15.2. The molecule has 0 radical (unpaired) electrons. The molecule has 1 aliphatic rings. The van der Waals surface area contributed by atoms with Crippen LogP contribution < -0.4 is 15.4 Å². The van der Waals surface area contributed by atoms with Crippen molar-refractivity contribution in [3.8, 4) is 22.8 Å². The monoisotopic (exact) mass is 709 g/mol. The number of anilines is 1. The Hall–Kier alpha value is -5.75. The van der Waals surface area contributed by atoms with E-state index in [9.17, 15) is 28.2 Å². The van der Waals surface area contributed by atoms with Crippen LogP contribution in [0.5, 0.6) is 11.5 Å². The van der Waals surface area contributed by atoms with Crippen molar-refractivity contribution in [1.82, 2.24) is 24.5 Å². The zero-order valence-corrected chi connectivity index (χ0v) is 27.2. The van der Waals surface area contributed by atoms with Gasteiger partial charge in [0.2, 0.25) is 5.82 Å². The summed E-state index contributed by atoms with van der Waals surface area (Å²) in [6.07, 6.45) is -0.494. The summed E-state index contributed by atoms with van der Waals surface area (Å²) in [7, 11) is 2.39. The molecule has 2 aromatic carbocycles. The molecule has 18 heteroatoms. The molecular weight excluding hydrogens is 678 g/mol. The van der Waals surface area contributed by atoms with Crippen LogP contribution in [0.15, 0.2) is 65.5 Å². The third-order valence-electron chi connectivity index (χ3n) is 8.58. The summed E-state index contributed by atoms with van der Waals surface area (Å²) in [4.78, 5) is 31.0. The number of pyridine rings is 1. The highest BCUT2D eigenvalue weighted by Crippen LogP contribution is 2.35. The Morgan fingerprint density at radius 3 is 2.63 bits per heavy atom. The molecule has 2 atom stereocenters. The highest BCUT2D eigenvalue weighted by atomic mass is 19.3. The summed E-state index contributed by atoms with van der Waals surface area (Å²) in [5.41, 5.74) is 6.22. The second-order valence-electron chi connectivity index (χ2n) is 11.8. The topological polar surface area (TPSA) is 186 Å². The number of azo groups is 1. The van der Waals surface area contributed by atoms with E-state index in [2.05, 4.69) is 34.9 Å². The van der Waals surface area contributed by atoms with E-state index in [1.807, 2.05) is 0 Å². The fourth-order valence-corrected chi connectivity index (χ4v) is 5.95. The molecule has 0 saturated carbocycles. The lowest BCUT2D eigenvalue weighted by molar-refractivity contribution is -0.0529. The van der Waals surface area contributed by atoms with Gasteiger partial charge < -0.3 is 34.9 Å². The number of aliphatic hydroxyl groups is 1. The number of methoxy groups -OCH3 is 2. The van der Waals surface area contributed by atoms with Crippen molar-refractivity contribution in [1.29, 1.82) is 0 Å². The molecule has 0 bridgehead atoms. The molecule has 1 aliphatic heterocycles. The van der Waals surface area contributed by atoms with E-state index in [0.29, 0.717) is 29.9 Å². The Labute approximate surface area is 287 Å². The molecular formula is C33H31F4N9O5. The van der Waals surface area contributed by atoms with Gasteiger partial charge in [-0.2, -0.15) is 0 Å². The first-order valence-electron chi connectivity index (χ1n) is 15.4. The van der Waals surface area contributed by atoms with Crippen LogP contribution in [0.25, 0.3) is 22.4 Å². The lowest BCUT2D eigenvalue weighted by Crippen LogP contribution is -2.63. The van der Waals surface area contributed by atoms with Crippen molar-refractivity contribution in [2.24, 2.45) is 16.0 Å². The minimum absolute atomic E-state index is 0.0289. The number of carbonyl (C=O) groups excluding carboxylic acids is 1. The summed E-state index contributed by atoms with van der Waals surface area (Å²) >= 11 is 0. The summed E-state index contributed by atoms with van der Waals surface area (Å²) in [5.74, 6) is -2.87. The molecule has 51 heavy (non-hydrogen) atoms. The van der Waals surface area contributed by atoms with Gasteiger partial charge in [0.05, 0.1) is 55.9 Å². The molecule has 0 aliphatic carbocycles. The number of aliphatic hydroxyl groups excluding tert-OH is 1. The predicted octanol–water partition coefficient (Wildman–Crippen LogP) is 5.05. The van der Waals surface area contributed by atoms with Crippen molar-refractivity contribution >= 4 is 34.3 Å². The number of aromatic nitrogens is 5. The molecule has 6 rings (SSSR count). The van der Waals surface area contributed by atoms with Crippen LogP contribution in [0.3, 0.4) is 0 Å². The zero-order valence-electron chi connectivity index (χ0n) is 27.2. The summed E-state index contributed by atoms with van der Waals surface area (Å²) in [6, 6.07) is 7.39. The number of ether oxygens (including phenoxy) is 2. The van der Waals surface area contributed by atoms with E-state index in [0.717, 1.165) is 12.1 Å². The van der Waals surface area contributed by atoms with Gasteiger partial charge in [0.1, 0.15) is 29.6 Å². The van der Waals surface area contributed by atoms with Crippen molar-refractivity contribution < 1.29 is 42.0 Å². The van der Waals surface area contributed by atoms with Crippen molar-refractivity contribution in [3.63, 3.8) is 0 Å². The molecule has 5 aromatic rings. The van der Waals surface area contributed by atoms with Gasteiger partial charge >= 0.3 is 5.97 Å². The van der Waals surface area contributed by atoms with Crippen molar-refractivity contribution in [3.05, 3.63) is 78.0 Å². The fraction of sp³-hybridized carbons (Fsp3) is 0.303. The number of esters is 1. The van der Waals surface area contributed by atoms with Gasteiger partial charge in [0.15, 0.2) is 22.7 Å². The molecule has 1 fully saturated rings. The van der Waals surface area contributed by atoms with E-state index in [1.165, 1.54) is 57.3 Å². The lowest BCUT2D eigenvalue weighted by Gasteiger charge is -2.44. The number of nitrogens with two attached hydrogens (primary N) is 1. The maximum Gasteiger partial charge on any atom is 0.341 e. The van der Waals surface area contributed by atoms with Crippen molar-refractivity contribution in [2.45, 2.75) is 37.5 Å². The van der Waals surface area contributed by atoms with Crippen molar-refractivity contribution in [2.75, 3.05) is 32.2 Å². The number of hydrogen-bond acceptors (Lipinski definition) is 13. The Morgan fingerprint density at radius 2 is 1.88 bits per heavy atom. The van der Waals surface area contributed by atoms with Gasteiger partial charge in [0, 0.05) is 24.7 Å². The second kappa shape index (κ2) is 14.2. The molecule has 1 saturated heterocycles. The molecule has 4 N–H and O–H groups in total. The number of phenols is 1. The normalized spacial score (nSPS) is 17.0. The number of hydrogen-bond donors (Lipinski definition) is 3. The van der Waals surface area contributed by atoms with Crippen LogP contribution >= 0.6 is 0 Å². The maximum absolute atomic E-state index is 15.2. The molecule has 14 nitrogen and oxygen atoms in total. The molecule has 4 heterocycles. The van der Waals surface area contributed by atoms with Gasteiger partial charge in [-0.3, -0.25) is 4.98 Å². The van der Waals surface area contributed by atoms with Gasteiger partial charge in [-0.05, 0) is 48.7 Å². The number of halogens is 4. The SMILES string of the molecule is COC(=O)c1cc(N=Nc2ncnc3c2ncn3Cc2cc(-c3cc(F)c(OC)cc3F)ncc2N2CCC[C@](N)([C@H](O)C(F)F)C2)ccc1O. The predicted molar refractivity (Wildman–Crippen MR) is 175 cm³/mol. The van der Waals surface area contributed by atoms with E-state index < -0.39 is 35.7 Å². The molecule has 266 valence electrons. The summed E-state index contributed by atoms with van der Waals surface area (Å²) in [6.45, 7) is 0.284. The van der Waals surface area contributed by atoms with Gasteiger partial charge in [-0.25, -0.2) is 37.3 Å². The molecule has 3 aromatic heterocycles. The Balaban J connectivity index is 1.39. The number of aromatic hydroxyl groups is 1. The first-order chi connectivity index (χ1) is 24.4. The fourth-order valence-electron chi connectivity index (χ4n) is 5.95. The standard InChI is InChI=1S/C33H31F4N9O5/c1-50-26-11-21(34)19(10-22(26)35)23-8-17(24(12-39-23)45-7-3-6-33(38,14-45)28(48)29(36)37)13-46-16-42-27-30(40-15-41-31(27)46)44-43-18-4-5-25(47)20(9-18)32(49)51-2/h4-5,8-12,15-16,28-29,47-48H,3,6-7,13-14,38H2,1-2H3/t28-,33-/m1/s1. The van der Waals surface area contributed by atoms with Crippen LogP contribution in [0, 0.1) is 11.6 Å².